The molecular formula is C7H11FN2. The predicted octanol–water partition coefficient (Wildman–Crippen LogP) is 2.08. The Kier molecular flexibility index (Phi) is 2.04. The molecule has 0 saturated heterocycles. The van der Waals surface area contributed by atoms with Gasteiger partial charge in [0.1, 0.15) is 6.17 Å². The summed E-state index contributed by atoms with van der Waals surface area (Å²) >= 11 is 0. The topological polar surface area (TPSA) is 28.7 Å². The molecule has 1 heterocycles. The molecule has 0 saturated carbocycles. The highest BCUT2D eigenvalue weighted by molar-refractivity contribution is 5.07. The van der Waals surface area contributed by atoms with Crippen LogP contribution in [0, 0.1) is 5.92 Å². The minimum atomic E-state index is -0.890. The maximum Gasteiger partial charge on any atom is 0.130 e. The standard InChI is InChI=1S/C7H11FN2/c1-5(2)7(8)6-3-9-10-4-6/h3-5,7H,1-2H3,(H,9,10). The first-order valence-corrected chi connectivity index (χ1v) is 3.34. The summed E-state index contributed by atoms with van der Waals surface area (Å²) in [7, 11) is 0. The van der Waals surface area contributed by atoms with Crippen LogP contribution in [0.2, 0.25) is 0 Å². The minimum Gasteiger partial charge on any atom is -0.285 e. The molecule has 3 heteroatoms. The Hall–Kier alpha value is -0.860. The van der Waals surface area contributed by atoms with E-state index in [2.05, 4.69) is 10.2 Å². The van der Waals surface area contributed by atoms with Crippen LogP contribution < -0.4 is 0 Å². The second-order valence-corrected chi connectivity index (χ2v) is 2.68. The molecule has 0 spiro atoms. The third-order valence-electron chi connectivity index (χ3n) is 1.42. The molecule has 0 radical (unpaired) electrons. The lowest BCUT2D eigenvalue weighted by Crippen LogP contribution is -1.98. The SMILES string of the molecule is CC(C)C(F)c1cn[nH]c1. The van der Waals surface area contributed by atoms with Gasteiger partial charge < -0.3 is 0 Å². The second-order valence-electron chi connectivity index (χ2n) is 2.68. The smallest absolute Gasteiger partial charge is 0.130 e. The number of aromatic amines is 1. The third kappa shape index (κ3) is 1.35. The fourth-order valence-electron chi connectivity index (χ4n) is 0.797. The number of hydrogen-bond acceptors (Lipinski definition) is 1. The zero-order valence-corrected chi connectivity index (χ0v) is 6.13. The van der Waals surface area contributed by atoms with Gasteiger partial charge in [0.2, 0.25) is 0 Å². The van der Waals surface area contributed by atoms with E-state index < -0.39 is 6.17 Å². The van der Waals surface area contributed by atoms with Crippen molar-refractivity contribution in [3.05, 3.63) is 18.0 Å². The molecule has 1 aromatic rings. The lowest BCUT2D eigenvalue weighted by atomic mass is 10.0. The molecule has 1 rings (SSSR count). The van der Waals surface area contributed by atoms with Crippen LogP contribution in [0.3, 0.4) is 0 Å². The normalized spacial score (nSPS) is 14.0. The van der Waals surface area contributed by atoms with Gasteiger partial charge in [-0.05, 0) is 5.92 Å². The molecule has 1 aromatic heterocycles. The third-order valence-corrected chi connectivity index (χ3v) is 1.42. The van der Waals surface area contributed by atoms with E-state index in [4.69, 9.17) is 0 Å². The van der Waals surface area contributed by atoms with E-state index in [0.29, 0.717) is 5.56 Å². The second kappa shape index (κ2) is 2.82. The molecule has 1 atom stereocenters. The number of alkyl halides is 1. The van der Waals surface area contributed by atoms with Crippen LogP contribution in [0.15, 0.2) is 12.4 Å². The number of rotatable bonds is 2. The summed E-state index contributed by atoms with van der Waals surface area (Å²) < 4.78 is 13.0. The van der Waals surface area contributed by atoms with Gasteiger partial charge in [0.05, 0.1) is 6.20 Å². The van der Waals surface area contributed by atoms with Crippen molar-refractivity contribution in [2.75, 3.05) is 0 Å². The highest BCUT2D eigenvalue weighted by Gasteiger charge is 2.14. The fourth-order valence-corrected chi connectivity index (χ4v) is 0.797. The largest absolute Gasteiger partial charge is 0.285 e. The highest BCUT2D eigenvalue weighted by atomic mass is 19.1. The van der Waals surface area contributed by atoms with E-state index >= 15 is 0 Å². The zero-order valence-electron chi connectivity index (χ0n) is 6.13. The van der Waals surface area contributed by atoms with Gasteiger partial charge >= 0.3 is 0 Å². The maximum atomic E-state index is 13.0. The van der Waals surface area contributed by atoms with E-state index in [1.807, 2.05) is 13.8 Å². The lowest BCUT2D eigenvalue weighted by Gasteiger charge is -2.07. The predicted molar refractivity (Wildman–Crippen MR) is 37.3 cm³/mol. The number of hydrogen-bond donors (Lipinski definition) is 1. The first-order chi connectivity index (χ1) is 4.72. The molecule has 0 aliphatic rings. The Labute approximate surface area is 59.5 Å². The van der Waals surface area contributed by atoms with Crippen molar-refractivity contribution in [2.45, 2.75) is 20.0 Å². The van der Waals surface area contributed by atoms with Gasteiger partial charge in [-0.1, -0.05) is 13.8 Å². The van der Waals surface area contributed by atoms with Crippen LogP contribution >= 0.6 is 0 Å². The summed E-state index contributed by atoms with van der Waals surface area (Å²) in [5.41, 5.74) is 0.634. The van der Waals surface area contributed by atoms with Crippen LogP contribution in [-0.2, 0) is 0 Å². The molecule has 10 heavy (non-hydrogen) atoms. The van der Waals surface area contributed by atoms with E-state index in [1.54, 1.807) is 6.20 Å². The van der Waals surface area contributed by atoms with Crippen molar-refractivity contribution in [1.82, 2.24) is 10.2 Å². The van der Waals surface area contributed by atoms with E-state index in [0.717, 1.165) is 0 Å². The van der Waals surface area contributed by atoms with Crippen molar-refractivity contribution >= 4 is 0 Å². The molecule has 56 valence electrons. The number of H-pyrrole nitrogens is 1. The van der Waals surface area contributed by atoms with Gasteiger partial charge in [0.25, 0.3) is 0 Å². The van der Waals surface area contributed by atoms with Gasteiger partial charge in [-0.25, -0.2) is 4.39 Å². The Bertz CT molecular complexity index is 181. The Balaban J connectivity index is 2.68. The van der Waals surface area contributed by atoms with E-state index in [9.17, 15) is 4.39 Å². The molecule has 1 unspecified atom stereocenters. The number of aromatic nitrogens is 2. The number of nitrogens with one attached hydrogen (secondary N) is 1. The number of nitrogens with zero attached hydrogens (tertiary/aromatic N) is 1. The Morgan fingerprint density at radius 2 is 2.30 bits per heavy atom. The number of halogens is 1. The molecule has 1 N–H and O–H groups in total. The minimum absolute atomic E-state index is 0.0256. The van der Waals surface area contributed by atoms with Gasteiger partial charge in [-0.15, -0.1) is 0 Å². The van der Waals surface area contributed by atoms with Crippen molar-refractivity contribution in [1.29, 1.82) is 0 Å². The molecule has 0 bridgehead atoms. The van der Waals surface area contributed by atoms with Crippen molar-refractivity contribution in [3.63, 3.8) is 0 Å². The molecule has 0 aliphatic heterocycles. The summed E-state index contributed by atoms with van der Waals surface area (Å²) in [6.07, 6.45) is 2.22. The van der Waals surface area contributed by atoms with E-state index in [-0.39, 0.29) is 5.92 Å². The fraction of sp³-hybridized carbons (Fsp3) is 0.571. The molecular weight excluding hydrogens is 131 g/mol. The van der Waals surface area contributed by atoms with Gasteiger partial charge in [0, 0.05) is 11.8 Å². The van der Waals surface area contributed by atoms with Crippen molar-refractivity contribution in [2.24, 2.45) is 5.92 Å². The summed E-state index contributed by atoms with van der Waals surface area (Å²) in [5.74, 6) is 0.0256. The highest BCUT2D eigenvalue weighted by Crippen LogP contribution is 2.23. The molecule has 0 fully saturated rings. The molecule has 2 nitrogen and oxygen atoms in total. The van der Waals surface area contributed by atoms with Crippen LogP contribution in [0.4, 0.5) is 4.39 Å². The monoisotopic (exact) mass is 142 g/mol. The van der Waals surface area contributed by atoms with Gasteiger partial charge in [-0.2, -0.15) is 5.10 Å². The van der Waals surface area contributed by atoms with Gasteiger partial charge in [-0.3, -0.25) is 5.10 Å². The molecule has 0 amide bonds. The molecule has 0 aliphatic carbocycles. The summed E-state index contributed by atoms with van der Waals surface area (Å²) in [4.78, 5) is 0. The summed E-state index contributed by atoms with van der Waals surface area (Å²) in [6, 6.07) is 0. The maximum absolute atomic E-state index is 13.0. The van der Waals surface area contributed by atoms with Crippen molar-refractivity contribution < 1.29 is 4.39 Å². The van der Waals surface area contributed by atoms with Crippen LogP contribution in [-0.4, -0.2) is 10.2 Å². The average Bonchev–Trinajstić information content (AvgIpc) is 2.36. The first-order valence-electron chi connectivity index (χ1n) is 3.34. The summed E-state index contributed by atoms with van der Waals surface area (Å²) in [6.45, 7) is 3.69. The molecule has 0 aromatic carbocycles. The van der Waals surface area contributed by atoms with Crippen LogP contribution in [0.5, 0.6) is 0 Å². The zero-order chi connectivity index (χ0) is 7.56. The lowest BCUT2D eigenvalue weighted by molar-refractivity contribution is 0.262. The average molecular weight is 142 g/mol. The van der Waals surface area contributed by atoms with Crippen molar-refractivity contribution in [3.8, 4) is 0 Å². The van der Waals surface area contributed by atoms with E-state index in [1.165, 1.54) is 6.20 Å². The quantitative estimate of drug-likeness (QED) is 0.672. The Morgan fingerprint density at radius 3 is 2.70 bits per heavy atom. The first kappa shape index (κ1) is 7.25. The summed E-state index contributed by atoms with van der Waals surface area (Å²) in [5, 5.41) is 6.24. The Morgan fingerprint density at radius 1 is 1.60 bits per heavy atom. The van der Waals surface area contributed by atoms with Gasteiger partial charge in [0.15, 0.2) is 0 Å². The van der Waals surface area contributed by atoms with Crippen LogP contribution in [0.1, 0.15) is 25.6 Å². The van der Waals surface area contributed by atoms with Crippen LogP contribution in [0.25, 0.3) is 0 Å².